The molecule has 1 amide bonds. The summed E-state index contributed by atoms with van der Waals surface area (Å²) in [5.74, 6) is 0.950. The largest absolute Gasteiger partial charge is 0.300 e. The predicted octanol–water partition coefficient (Wildman–Crippen LogP) is 4.27. The lowest BCUT2D eigenvalue weighted by molar-refractivity contribution is -0.127. The van der Waals surface area contributed by atoms with Crippen LogP contribution in [-0.4, -0.2) is 33.5 Å². The van der Waals surface area contributed by atoms with Gasteiger partial charge in [-0.05, 0) is 36.5 Å². The number of hydrogen-bond acceptors (Lipinski definition) is 3. The van der Waals surface area contributed by atoms with E-state index in [2.05, 4.69) is 36.0 Å². The Balaban J connectivity index is 1.62. The summed E-state index contributed by atoms with van der Waals surface area (Å²) in [5, 5.41) is 13.9. The molecule has 5 nitrogen and oxygen atoms in total. The van der Waals surface area contributed by atoms with Crippen molar-refractivity contribution in [1.82, 2.24) is 14.7 Å². The summed E-state index contributed by atoms with van der Waals surface area (Å²) in [6.45, 7) is 3.07. The number of amidine groups is 1. The van der Waals surface area contributed by atoms with Gasteiger partial charge in [0, 0.05) is 37.0 Å². The van der Waals surface area contributed by atoms with E-state index < -0.39 is 5.41 Å². The number of fused-ring (bicyclic) bond motifs is 1. The molecular formula is C22H28N4O. The number of likely N-dealkylation sites (N-methyl/N-ethyl adjacent to an activating group) is 1. The molecule has 0 bridgehead atoms. The minimum atomic E-state index is -0.421. The number of hydrogen-bond donors (Lipinski definition) is 1. The molecule has 2 aromatic rings. The van der Waals surface area contributed by atoms with Crippen LogP contribution in [0.25, 0.3) is 10.9 Å². The summed E-state index contributed by atoms with van der Waals surface area (Å²) < 4.78 is 2.10. The van der Waals surface area contributed by atoms with E-state index in [9.17, 15) is 4.79 Å². The van der Waals surface area contributed by atoms with Gasteiger partial charge < -0.3 is 4.90 Å². The first-order valence-electron chi connectivity index (χ1n) is 9.97. The minimum absolute atomic E-state index is 0.0320. The molecule has 142 valence electrons. The number of allylic oxidation sites excluding steroid dienone is 1. The van der Waals surface area contributed by atoms with Crippen LogP contribution in [0.5, 0.6) is 0 Å². The normalized spacial score (nSPS) is 24.6. The van der Waals surface area contributed by atoms with Crippen LogP contribution in [0, 0.1) is 11.3 Å². The summed E-state index contributed by atoms with van der Waals surface area (Å²) in [6.07, 6.45) is 12.9. The van der Waals surface area contributed by atoms with Crippen molar-refractivity contribution in [3.8, 4) is 0 Å². The number of aromatic nitrogens is 2. The summed E-state index contributed by atoms with van der Waals surface area (Å²) in [5.41, 5.74) is 1.64. The summed E-state index contributed by atoms with van der Waals surface area (Å²) in [6, 6.07) is 6.32. The highest BCUT2D eigenvalue weighted by molar-refractivity contribution is 6.04. The van der Waals surface area contributed by atoms with Crippen LogP contribution in [0.4, 0.5) is 0 Å². The quantitative estimate of drug-likeness (QED) is 0.884. The van der Waals surface area contributed by atoms with Crippen molar-refractivity contribution in [2.45, 2.75) is 57.4 Å². The first-order valence-corrected chi connectivity index (χ1v) is 9.97. The maximum atomic E-state index is 12.4. The van der Waals surface area contributed by atoms with E-state index in [1.807, 2.05) is 6.08 Å². The zero-order chi connectivity index (χ0) is 19.0. The number of rotatable bonds is 3. The van der Waals surface area contributed by atoms with Gasteiger partial charge in [0.15, 0.2) is 0 Å². The average molecular weight is 364 g/mol. The topological polar surface area (TPSA) is 62.0 Å². The van der Waals surface area contributed by atoms with Crippen LogP contribution in [0.3, 0.4) is 0 Å². The van der Waals surface area contributed by atoms with E-state index in [1.165, 1.54) is 37.0 Å². The van der Waals surface area contributed by atoms with Crippen molar-refractivity contribution in [2.75, 3.05) is 7.05 Å². The Kier molecular flexibility index (Phi) is 4.62. The fourth-order valence-electron chi connectivity index (χ4n) is 4.35. The standard InChI is InChI=1S/C22H28N4O/c1-22(11-10-20(23)25(2)21(27)13-22)18-9-8-17-15-26(24-19(17)12-18)14-16-6-4-3-5-7-16/h8-12,15-16,23H,3-7,13-14H2,1-2H3/t22-/m0/s1. The number of nitrogens with zero attached hydrogens (tertiary/aromatic N) is 3. The van der Waals surface area contributed by atoms with Crippen molar-refractivity contribution in [3.05, 3.63) is 42.1 Å². The van der Waals surface area contributed by atoms with Crippen LogP contribution >= 0.6 is 0 Å². The molecule has 0 saturated heterocycles. The third-order valence-corrected chi connectivity index (χ3v) is 6.25. The fraction of sp³-hybridized carbons (Fsp3) is 0.500. The van der Waals surface area contributed by atoms with Gasteiger partial charge in [0.1, 0.15) is 5.84 Å². The smallest absolute Gasteiger partial charge is 0.229 e. The molecule has 1 saturated carbocycles. The van der Waals surface area contributed by atoms with Crippen LogP contribution in [0.15, 0.2) is 36.5 Å². The minimum Gasteiger partial charge on any atom is -0.300 e. The molecule has 2 aliphatic rings. The van der Waals surface area contributed by atoms with Gasteiger partial charge in [-0.3, -0.25) is 14.9 Å². The van der Waals surface area contributed by atoms with Crippen molar-refractivity contribution in [2.24, 2.45) is 5.92 Å². The van der Waals surface area contributed by atoms with E-state index in [-0.39, 0.29) is 11.7 Å². The Morgan fingerprint density at radius 2 is 2.04 bits per heavy atom. The SMILES string of the molecule is CN1C(=N)C=C[C@](C)(c2ccc3cn(CC4CCCCC4)nc3c2)CC1=O. The maximum Gasteiger partial charge on any atom is 0.229 e. The molecule has 1 aromatic heterocycles. The van der Waals surface area contributed by atoms with Crippen molar-refractivity contribution >= 4 is 22.6 Å². The van der Waals surface area contributed by atoms with Gasteiger partial charge in [-0.25, -0.2) is 0 Å². The lowest BCUT2D eigenvalue weighted by Crippen LogP contribution is -2.33. The van der Waals surface area contributed by atoms with E-state index in [0.29, 0.717) is 6.42 Å². The number of carbonyl (C=O) groups excluding carboxylic acids is 1. The Morgan fingerprint density at radius 3 is 2.81 bits per heavy atom. The van der Waals surface area contributed by atoms with Gasteiger partial charge in [0.05, 0.1) is 5.52 Å². The third kappa shape index (κ3) is 3.55. The summed E-state index contributed by atoms with van der Waals surface area (Å²) in [4.78, 5) is 13.8. The maximum absolute atomic E-state index is 12.4. The molecule has 0 unspecified atom stereocenters. The number of carbonyl (C=O) groups is 1. The van der Waals surface area contributed by atoms with Crippen LogP contribution in [-0.2, 0) is 16.8 Å². The molecule has 5 heteroatoms. The number of amides is 1. The fourth-order valence-corrected chi connectivity index (χ4v) is 4.35. The Bertz CT molecular complexity index is 906. The molecule has 0 spiro atoms. The molecule has 27 heavy (non-hydrogen) atoms. The molecule has 1 aromatic carbocycles. The van der Waals surface area contributed by atoms with Crippen LogP contribution < -0.4 is 0 Å². The van der Waals surface area contributed by atoms with Gasteiger partial charge in [-0.15, -0.1) is 0 Å². The van der Waals surface area contributed by atoms with Crippen LogP contribution in [0.1, 0.15) is 51.0 Å². The van der Waals surface area contributed by atoms with Gasteiger partial charge in [-0.2, -0.15) is 5.10 Å². The lowest BCUT2D eigenvalue weighted by Gasteiger charge is -2.25. The lowest BCUT2D eigenvalue weighted by atomic mass is 9.79. The Morgan fingerprint density at radius 1 is 1.26 bits per heavy atom. The molecule has 0 radical (unpaired) electrons. The predicted molar refractivity (Wildman–Crippen MR) is 108 cm³/mol. The molecule has 1 atom stereocenters. The molecule has 1 fully saturated rings. The zero-order valence-electron chi connectivity index (χ0n) is 16.2. The number of benzene rings is 1. The molecular weight excluding hydrogens is 336 g/mol. The molecule has 4 rings (SSSR count). The van der Waals surface area contributed by atoms with Crippen LogP contribution in [0.2, 0.25) is 0 Å². The van der Waals surface area contributed by atoms with Crippen molar-refractivity contribution < 1.29 is 4.79 Å². The molecule has 1 N–H and O–H groups in total. The first kappa shape index (κ1) is 18.0. The third-order valence-electron chi connectivity index (χ3n) is 6.25. The highest BCUT2D eigenvalue weighted by atomic mass is 16.2. The van der Waals surface area contributed by atoms with E-state index in [1.54, 1.807) is 13.1 Å². The second-order valence-corrected chi connectivity index (χ2v) is 8.39. The molecule has 1 aliphatic heterocycles. The van der Waals surface area contributed by atoms with Gasteiger partial charge in [-0.1, -0.05) is 44.4 Å². The van der Waals surface area contributed by atoms with Crippen molar-refractivity contribution in [1.29, 1.82) is 5.41 Å². The van der Waals surface area contributed by atoms with Gasteiger partial charge >= 0.3 is 0 Å². The van der Waals surface area contributed by atoms with E-state index in [0.717, 1.165) is 28.9 Å². The first-order chi connectivity index (χ1) is 12.9. The highest BCUT2D eigenvalue weighted by Crippen LogP contribution is 2.34. The average Bonchev–Trinajstić information content (AvgIpc) is 3.03. The summed E-state index contributed by atoms with van der Waals surface area (Å²) >= 11 is 0. The highest BCUT2D eigenvalue weighted by Gasteiger charge is 2.32. The number of nitrogens with one attached hydrogen (secondary N) is 1. The van der Waals surface area contributed by atoms with E-state index >= 15 is 0 Å². The molecule has 1 aliphatic carbocycles. The summed E-state index contributed by atoms with van der Waals surface area (Å²) in [7, 11) is 1.66. The Hall–Kier alpha value is -2.43. The Labute approximate surface area is 160 Å². The molecule has 2 heterocycles. The zero-order valence-corrected chi connectivity index (χ0v) is 16.2. The second-order valence-electron chi connectivity index (χ2n) is 8.39. The van der Waals surface area contributed by atoms with E-state index in [4.69, 9.17) is 10.5 Å². The monoisotopic (exact) mass is 364 g/mol. The van der Waals surface area contributed by atoms with Crippen molar-refractivity contribution in [3.63, 3.8) is 0 Å². The second kappa shape index (κ2) is 6.95. The van der Waals surface area contributed by atoms with Gasteiger partial charge in [0.2, 0.25) is 5.91 Å². The van der Waals surface area contributed by atoms with Gasteiger partial charge in [0.25, 0.3) is 0 Å².